The molecular formula is C13H18O2S. The van der Waals surface area contributed by atoms with Crippen LogP contribution in [-0.4, -0.2) is 12.6 Å². The minimum atomic E-state index is -0.276. The molecule has 0 aliphatic heterocycles. The van der Waals surface area contributed by atoms with Gasteiger partial charge in [0.2, 0.25) is 0 Å². The van der Waals surface area contributed by atoms with Gasteiger partial charge < -0.3 is 4.74 Å². The quantitative estimate of drug-likeness (QED) is 0.464. The van der Waals surface area contributed by atoms with Crippen molar-refractivity contribution >= 4 is 18.6 Å². The van der Waals surface area contributed by atoms with E-state index in [1.165, 1.54) is 12.8 Å². The molecule has 0 aromatic heterocycles. The van der Waals surface area contributed by atoms with E-state index >= 15 is 0 Å². The fourth-order valence-electron chi connectivity index (χ4n) is 1.42. The number of carbonyl (C=O) groups is 1. The van der Waals surface area contributed by atoms with Crippen LogP contribution in [0.1, 0.15) is 43.0 Å². The predicted molar refractivity (Wildman–Crippen MR) is 68.1 cm³/mol. The van der Waals surface area contributed by atoms with Crippen molar-refractivity contribution in [1.82, 2.24) is 0 Å². The molecule has 0 N–H and O–H groups in total. The molecule has 2 nitrogen and oxygen atoms in total. The highest BCUT2D eigenvalue weighted by molar-refractivity contribution is 7.80. The Bertz CT molecular complexity index is 336. The maximum absolute atomic E-state index is 11.6. The first-order valence-electron chi connectivity index (χ1n) is 5.70. The number of ether oxygens (including phenoxy) is 1. The molecule has 0 fully saturated rings. The molecule has 0 bridgehead atoms. The number of rotatable bonds is 6. The highest BCUT2D eigenvalue weighted by Crippen LogP contribution is 2.14. The third kappa shape index (κ3) is 4.27. The van der Waals surface area contributed by atoms with Crippen molar-refractivity contribution in [1.29, 1.82) is 0 Å². The van der Waals surface area contributed by atoms with Crippen molar-refractivity contribution in [3.05, 3.63) is 29.8 Å². The fourth-order valence-corrected chi connectivity index (χ4v) is 1.67. The zero-order valence-corrected chi connectivity index (χ0v) is 10.5. The van der Waals surface area contributed by atoms with Crippen LogP contribution in [0.3, 0.4) is 0 Å². The SMILES string of the molecule is CCCCCCOC(=O)c1ccccc1S. The molecule has 0 saturated carbocycles. The molecule has 0 radical (unpaired) electrons. The van der Waals surface area contributed by atoms with Gasteiger partial charge in [-0.2, -0.15) is 0 Å². The number of hydrogen-bond donors (Lipinski definition) is 1. The second-order valence-corrected chi connectivity index (χ2v) is 4.20. The maximum atomic E-state index is 11.6. The van der Waals surface area contributed by atoms with Crippen LogP contribution in [0.4, 0.5) is 0 Å². The summed E-state index contributed by atoms with van der Waals surface area (Å²) in [6.45, 7) is 2.66. The summed E-state index contributed by atoms with van der Waals surface area (Å²) in [6, 6.07) is 7.18. The number of thiol groups is 1. The van der Waals surface area contributed by atoms with Crippen LogP contribution in [0, 0.1) is 0 Å². The summed E-state index contributed by atoms with van der Waals surface area (Å²) < 4.78 is 5.17. The zero-order valence-electron chi connectivity index (χ0n) is 9.61. The molecule has 0 saturated heterocycles. The van der Waals surface area contributed by atoms with Crippen LogP contribution < -0.4 is 0 Å². The largest absolute Gasteiger partial charge is 0.462 e. The Morgan fingerprint density at radius 3 is 2.69 bits per heavy atom. The van der Waals surface area contributed by atoms with Crippen molar-refractivity contribution in [2.45, 2.75) is 37.5 Å². The van der Waals surface area contributed by atoms with Crippen LogP contribution >= 0.6 is 12.6 Å². The summed E-state index contributed by atoms with van der Waals surface area (Å²) in [7, 11) is 0. The van der Waals surface area contributed by atoms with Crippen molar-refractivity contribution in [3.63, 3.8) is 0 Å². The van der Waals surface area contributed by atoms with E-state index in [0.29, 0.717) is 17.1 Å². The molecule has 0 heterocycles. The van der Waals surface area contributed by atoms with E-state index in [-0.39, 0.29) is 5.97 Å². The van der Waals surface area contributed by atoms with E-state index in [0.717, 1.165) is 12.8 Å². The van der Waals surface area contributed by atoms with Gasteiger partial charge in [0.15, 0.2) is 0 Å². The van der Waals surface area contributed by atoms with E-state index < -0.39 is 0 Å². The van der Waals surface area contributed by atoms with Gasteiger partial charge >= 0.3 is 5.97 Å². The van der Waals surface area contributed by atoms with Crippen molar-refractivity contribution in [2.75, 3.05) is 6.61 Å². The predicted octanol–water partition coefficient (Wildman–Crippen LogP) is 3.71. The Hall–Kier alpha value is -0.960. The number of hydrogen-bond acceptors (Lipinski definition) is 3. The molecule has 16 heavy (non-hydrogen) atoms. The van der Waals surface area contributed by atoms with Crippen LogP contribution in [0.15, 0.2) is 29.2 Å². The fraction of sp³-hybridized carbons (Fsp3) is 0.462. The van der Waals surface area contributed by atoms with Gasteiger partial charge in [0, 0.05) is 4.90 Å². The topological polar surface area (TPSA) is 26.3 Å². The average Bonchev–Trinajstić information content (AvgIpc) is 2.29. The summed E-state index contributed by atoms with van der Waals surface area (Å²) in [5.74, 6) is -0.276. The van der Waals surface area contributed by atoms with Gasteiger partial charge in [-0.05, 0) is 18.6 Å². The molecule has 1 aromatic carbocycles. The molecule has 0 amide bonds. The summed E-state index contributed by atoms with van der Waals surface area (Å²) >= 11 is 4.21. The zero-order chi connectivity index (χ0) is 11.8. The first-order valence-corrected chi connectivity index (χ1v) is 6.15. The molecule has 0 spiro atoms. The number of carbonyl (C=O) groups excluding carboxylic acids is 1. The van der Waals surface area contributed by atoms with Gasteiger partial charge in [-0.1, -0.05) is 38.3 Å². The van der Waals surface area contributed by atoms with Gasteiger partial charge in [-0.3, -0.25) is 0 Å². The van der Waals surface area contributed by atoms with Crippen molar-refractivity contribution in [3.8, 4) is 0 Å². The van der Waals surface area contributed by atoms with Gasteiger partial charge in [0.25, 0.3) is 0 Å². The van der Waals surface area contributed by atoms with Gasteiger partial charge in [-0.25, -0.2) is 4.79 Å². The minimum Gasteiger partial charge on any atom is -0.462 e. The lowest BCUT2D eigenvalue weighted by Crippen LogP contribution is -2.07. The summed E-state index contributed by atoms with van der Waals surface area (Å²) in [5, 5.41) is 0. The Labute approximate surface area is 102 Å². The number of unbranched alkanes of at least 4 members (excludes halogenated alkanes) is 3. The van der Waals surface area contributed by atoms with Crippen LogP contribution in [0.5, 0.6) is 0 Å². The monoisotopic (exact) mass is 238 g/mol. The molecule has 88 valence electrons. The lowest BCUT2D eigenvalue weighted by atomic mass is 10.2. The Morgan fingerprint density at radius 1 is 1.25 bits per heavy atom. The van der Waals surface area contributed by atoms with Gasteiger partial charge in [0.05, 0.1) is 12.2 Å². The first-order chi connectivity index (χ1) is 7.75. The minimum absolute atomic E-state index is 0.276. The average molecular weight is 238 g/mol. The van der Waals surface area contributed by atoms with Crippen molar-refractivity contribution < 1.29 is 9.53 Å². The standard InChI is InChI=1S/C13H18O2S/c1-2-3-4-7-10-15-13(14)11-8-5-6-9-12(11)16/h5-6,8-9,16H,2-4,7,10H2,1H3. The van der Waals surface area contributed by atoms with E-state index in [4.69, 9.17) is 4.74 Å². The lowest BCUT2D eigenvalue weighted by molar-refractivity contribution is 0.0494. The van der Waals surface area contributed by atoms with E-state index in [2.05, 4.69) is 19.6 Å². The Kier molecular flexibility index (Phi) is 6.01. The van der Waals surface area contributed by atoms with Crippen LogP contribution in [0.25, 0.3) is 0 Å². The van der Waals surface area contributed by atoms with E-state index in [1.54, 1.807) is 12.1 Å². The highest BCUT2D eigenvalue weighted by atomic mass is 32.1. The third-order valence-electron chi connectivity index (χ3n) is 2.36. The maximum Gasteiger partial charge on any atom is 0.339 e. The van der Waals surface area contributed by atoms with E-state index in [9.17, 15) is 4.79 Å². The summed E-state index contributed by atoms with van der Waals surface area (Å²) in [5.41, 5.74) is 0.543. The molecule has 0 atom stereocenters. The summed E-state index contributed by atoms with van der Waals surface area (Å²) in [4.78, 5) is 12.3. The van der Waals surface area contributed by atoms with Crippen LogP contribution in [-0.2, 0) is 4.74 Å². The van der Waals surface area contributed by atoms with Gasteiger partial charge in [0.1, 0.15) is 0 Å². The molecule has 0 unspecified atom stereocenters. The molecule has 1 rings (SSSR count). The van der Waals surface area contributed by atoms with Crippen molar-refractivity contribution in [2.24, 2.45) is 0 Å². The molecule has 0 aliphatic rings. The number of benzene rings is 1. The second-order valence-electron chi connectivity index (χ2n) is 3.71. The first kappa shape index (κ1) is 13.1. The van der Waals surface area contributed by atoms with Gasteiger partial charge in [-0.15, -0.1) is 12.6 Å². The van der Waals surface area contributed by atoms with E-state index in [1.807, 2.05) is 12.1 Å². The highest BCUT2D eigenvalue weighted by Gasteiger charge is 2.09. The lowest BCUT2D eigenvalue weighted by Gasteiger charge is -2.06. The molecule has 3 heteroatoms. The smallest absolute Gasteiger partial charge is 0.339 e. The Balaban J connectivity index is 2.33. The second kappa shape index (κ2) is 7.34. The Morgan fingerprint density at radius 2 is 2.00 bits per heavy atom. The molecule has 1 aromatic rings. The molecular weight excluding hydrogens is 220 g/mol. The normalized spacial score (nSPS) is 10.1. The number of esters is 1. The molecule has 0 aliphatic carbocycles. The van der Waals surface area contributed by atoms with Crippen LogP contribution in [0.2, 0.25) is 0 Å². The third-order valence-corrected chi connectivity index (χ3v) is 2.74. The summed E-state index contributed by atoms with van der Waals surface area (Å²) in [6.07, 6.45) is 4.44.